The highest BCUT2D eigenvalue weighted by molar-refractivity contribution is 5.94. The second-order valence-corrected chi connectivity index (χ2v) is 6.29. The molecule has 1 amide bonds. The smallest absolute Gasteiger partial charge is 0.251 e. The minimum atomic E-state index is 0.0320. The predicted molar refractivity (Wildman–Crippen MR) is 86.9 cm³/mol. The van der Waals surface area contributed by atoms with E-state index in [2.05, 4.69) is 23.4 Å². The van der Waals surface area contributed by atoms with Gasteiger partial charge in [-0.3, -0.25) is 9.48 Å². The van der Waals surface area contributed by atoms with Gasteiger partial charge in [-0.25, -0.2) is 0 Å². The average molecular weight is 297 g/mol. The summed E-state index contributed by atoms with van der Waals surface area (Å²) in [5.41, 5.74) is 4.07. The van der Waals surface area contributed by atoms with Gasteiger partial charge in [0.05, 0.1) is 12.2 Å². The molecule has 0 spiro atoms. The Kier molecular flexibility index (Phi) is 4.27. The van der Waals surface area contributed by atoms with Crippen molar-refractivity contribution in [3.63, 3.8) is 0 Å². The molecule has 1 aromatic heterocycles. The number of amides is 1. The van der Waals surface area contributed by atoms with E-state index >= 15 is 0 Å². The fourth-order valence-corrected chi connectivity index (χ4v) is 2.81. The van der Waals surface area contributed by atoms with Gasteiger partial charge in [0.15, 0.2) is 0 Å². The number of nitrogens with zero attached hydrogens (tertiary/aromatic N) is 2. The van der Waals surface area contributed by atoms with Crippen LogP contribution in [-0.4, -0.2) is 22.2 Å². The molecule has 1 aliphatic rings. The molecule has 3 rings (SSSR count). The Balaban J connectivity index is 1.59. The molecule has 1 aromatic carbocycles. The van der Waals surface area contributed by atoms with E-state index in [-0.39, 0.29) is 5.91 Å². The SMILES string of the molecule is Cc1cc(C)n(Cc2ccc(C(=O)NCC3CCC3)cc2)n1. The first kappa shape index (κ1) is 14.8. The van der Waals surface area contributed by atoms with Crippen LogP contribution in [0.1, 0.15) is 46.6 Å². The third kappa shape index (κ3) is 3.38. The van der Waals surface area contributed by atoms with Crippen molar-refractivity contribution >= 4 is 5.91 Å². The van der Waals surface area contributed by atoms with Crippen LogP contribution in [0, 0.1) is 19.8 Å². The number of hydrogen-bond acceptors (Lipinski definition) is 2. The number of benzene rings is 1. The van der Waals surface area contributed by atoms with Crippen LogP contribution in [0.4, 0.5) is 0 Å². The van der Waals surface area contributed by atoms with Gasteiger partial charge in [-0.2, -0.15) is 5.10 Å². The number of carbonyl (C=O) groups excluding carboxylic acids is 1. The minimum Gasteiger partial charge on any atom is -0.352 e. The van der Waals surface area contributed by atoms with Crippen LogP contribution in [0.3, 0.4) is 0 Å². The molecule has 0 radical (unpaired) electrons. The van der Waals surface area contributed by atoms with Crippen LogP contribution in [0.2, 0.25) is 0 Å². The highest BCUT2D eigenvalue weighted by Gasteiger charge is 2.18. The molecular formula is C18H23N3O. The molecule has 4 heteroatoms. The van der Waals surface area contributed by atoms with Crippen molar-refractivity contribution in [2.24, 2.45) is 5.92 Å². The first-order valence-corrected chi connectivity index (χ1v) is 8.00. The summed E-state index contributed by atoms with van der Waals surface area (Å²) in [6.07, 6.45) is 3.81. The molecular weight excluding hydrogens is 274 g/mol. The van der Waals surface area contributed by atoms with Crippen LogP contribution in [0.15, 0.2) is 30.3 Å². The number of aromatic nitrogens is 2. The van der Waals surface area contributed by atoms with Gasteiger partial charge in [0.1, 0.15) is 0 Å². The van der Waals surface area contributed by atoms with Gasteiger partial charge in [0.25, 0.3) is 5.91 Å². The van der Waals surface area contributed by atoms with E-state index in [4.69, 9.17) is 0 Å². The van der Waals surface area contributed by atoms with Crippen LogP contribution in [-0.2, 0) is 6.54 Å². The number of hydrogen-bond donors (Lipinski definition) is 1. The normalized spacial score (nSPS) is 14.6. The van der Waals surface area contributed by atoms with Gasteiger partial charge in [0, 0.05) is 17.8 Å². The third-order valence-electron chi connectivity index (χ3n) is 4.43. The standard InChI is InChI=1S/C18H23N3O/c1-13-10-14(2)21(20-13)12-16-6-8-17(9-7-16)18(22)19-11-15-4-3-5-15/h6-10,15H,3-5,11-12H2,1-2H3,(H,19,22). The Labute approximate surface area is 131 Å². The fraction of sp³-hybridized carbons (Fsp3) is 0.444. The minimum absolute atomic E-state index is 0.0320. The van der Waals surface area contributed by atoms with Crippen molar-refractivity contribution in [1.29, 1.82) is 0 Å². The molecule has 0 bridgehead atoms. The molecule has 1 saturated carbocycles. The second kappa shape index (κ2) is 6.34. The van der Waals surface area contributed by atoms with Gasteiger partial charge in [-0.1, -0.05) is 18.6 Å². The van der Waals surface area contributed by atoms with Crippen LogP contribution >= 0.6 is 0 Å². The van der Waals surface area contributed by atoms with Crippen LogP contribution < -0.4 is 5.32 Å². The summed E-state index contributed by atoms with van der Waals surface area (Å²) in [5, 5.41) is 7.49. The lowest BCUT2D eigenvalue weighted by Gasteiger charge is -2.25. The van der Waals surface area contributed by atoms with Crippen molar-refractivity contribution in [2.45, 2.75) is 39.7 Å². The zero-order valence-electron chi connectivity index (χ0n) is 13.3. The maximum atomic E-state index is 12.1. The number of rotatable bonds is 5. The zero-order valence-corrected chi connectivity index (χ0v) is 13.3. The van der Waals surface area contributed by atoms with Crippen LogP contribution in [0.5, 0.6) is 0 Å². The fourth-order valence-electron chi connectivity index (χ4n) is 2.81. The lowest BCUT2D eigenvalue weighted by molar-refractivity contribution is 0.0939. The maximum absolute atomic E-state index is 12.1. The van der Waals surface area contributed by atoms with Crippen molar-refractivity contribution < 1.29 is 4.79 Å². The van der Waals surface area contributed by atoms with E-state index in [0.29, 0.717) is 5.92 Å². The molecule has 22 heavy (non-hydrogen) atoms. The van der Waals surface area contributed by atoms with Gasteiger partial charge >= 0.3 is 0 Å². The predicted octanol–water partition coefficient (Wildman–Crippen LogP) is 3.08. The van der Waals surface area contributed by atoms with E-state index in [1.165, 1.54) is 19.3 Å². The lowest BCUT2D eigenvalue weighted by Crippen LogP contribution is -2.32. The van der Waals surface area contributed by atoms with Gasteiger partial charge in [0.2, 0.25) is 0 Å². The first-order chi connectivity index (χ1) is 10.6. The van der Waals surface area contributed by atoms with Crippen molar-refractivity contribution in [1.82, 2.24) is 15.1 Å². The molecule has 1 N–H and O–H groups in total. The summed E-state index contributed by atoms with van der Waals surface area (Å²) in [4.78, 5) is 12.1. The number of nitrogens with one attached hydrogen (secondary N) is 1. The Morgan fingerprint density at radius 1 is 1.27 bits per heavy atom. The monoisotopic (exact) mass is 297 g/mol. The molecule has 2 aromatic rings. The van der Waals surface area contributed by atoms with Crippen LogP contribution in [0.25, 0.3) is 0 Å². The Bertz CT molecular complexity index is 653. The number of aryl methyl sites for hydroxylation is 2. The highest BCUT2D eigenvalue weighted by Crippen LogP contribution is 2.25. The lowest BCUT2D eigenvalue weighted by atomic mass is 9.85. The summed E-state index contributed by atoms with van der Waals surface area (Å²) in [6, 6.07) is 9.89. The average Bonchev–Trinajstić information content (AvgIpc) is 2.76. The number of carbonyl (C=O) groups is 1. The molecule has 1 fully saturated rings. The molecule has 0 saturated heterocycles. The van der Waals surface area contributed by atoms with E-state index in [1.807, 2.05) is 35.9 Å². The molecule has 4 nitrogen and oxygen atoms in total. The first-order valence-electron chi connectivity index (χ1n) is 8.00. The molecule has 1 heterocycles. The summed E-state index contributed by atoms with van der Waals surface area (Å²) >= 11 is 0. The quantitative estimate of drug-likeness (QED) is 0.922. The second-order valence-electron chi connectivity index (χ2n) is 6.29. The van der Waals surface area contributed by atoms with Crippen molar-refractivity contribution in [3.8, 4) is 0 Å². The van der Waals surface area contributed by atoms with E-state index in [0.717, 1.165) is 35.6 Å². The third-order valence-corrected chi connectivity index (χ3v) is 4.43. The summed E-state index contributed by atoms with van der Waals surface area (Å²) in [5.74, 6) is 0.721. The maximum Gasteiger partial charge on any atom is 0.251 e. The van der Waals surface area contributed by atoms with E-state index < -0.39 is 0 Å². The topological polar surface area (TPSA) is 46.9 Å². The Morgan fingerprint density at radius 2 is 2.00 bits per heavy atom. The Morgan fingerprint density at radius 3 is 2.55 bits per heavy atom. The Hall–Kier alpha value is -2.10. The zero-order chi connectivity index (χ0) is 15.5. The molecule has 116 valence electrons. The molecule has 0 aliphatic heterocycles. The molecule has 0 atom stereocenters. The van der Waals surface area contributed by atoms with Gasteiger partial charge in [-0.05, 0) is 56.4 Å². The summed E-state index contributed by atoms with van der Waals surface area (Å²) in [7, 11) is 0. The van der Waals surface area contributed by atoms with E-state index in [9.17, 15) is 4.79 Å². The van der Waals surface area contributed by atoms with E-state index in [1.54, 1.807) is 0 Å². The van der Waals surface area contributed by atoms with Crippen molar-refractivity contribution in [2.75, 3.05) is 6.54 Å². The largest absolute Gasteiger partial charge is 0.352 e. The molecule has 0 unspecified atom stereocenters. The summed E-state index contributed by atoms with van der Waals surface area (Å²) < 4.78 is 1.99. The molecule has 1 aliphatic carbocycles. The van der Waals surface area contributed by atoms with Gasteiger partial charge < -0.3 is 5.32 Å². The van der Waals surface area contributed by atoms with Crippen molar-refractivity contribution in [3.05, 3.63) is 52.8 Å². The summed E-state index contributed by atoms with van der Waals surface area (Å²) in [6.45, 7) is 5.61. The highest BCUT2D eigenvalue weighted by atomic mass is 16.1. The van der Waals surface area contributed by atoms with Gasteiger partial charge in [-0.15, -0.1) is 0 Å².